The summed E-state index contributed by atoms with van der Waals surface area (Å²) in [5, 5.41) is 2.83. The van der Waals surface area contributed by atoms with Gasteiger partial charge in [-0.2, -0.15) is 0 Å². The minimum absolute atomic E-state index is 0.0103. The minimum atomic E-state index is -0.481. The number of aromatic nitrogens is 4. The maximum atomic E-state index is 12.1. The molecule has 9 heteroatoms. The van der Waals surface area contributed by atoms with Crippen LogP contribution in [0, 0.1) is 0 Å². The van der Waals surface area contributed by atoms with Gasteiger partial charge in [-0.3, -0.25) is 23.3 Å². The van der Waals surface area contributed by atoms with Gasteiger partial charge >= 0.3 is 5.69 Å². The van der Waals surface area contributed by atoms with E-state index < -0.39 is 11.2 Å². The smallest absolute Gasteiger partial charge is 0.332 e. The zero-order chi connectivity index (χ0) is 17.1. The fourth-order valence-electron chi connectivity index (χ4n) is 2.40. The van der Waals surface area contributed by atoms with Crippen molar-refractivity contribution in [2.24, 2.45) is 14.1 Å². The van der Waals surface area contributed by atoms with E-state index in [0.717, 1.165) is 23.8 Å². The lowest BCUT2D eigenvalue weighted by atomic mass is 10.2. The highest BCUT2D eigenvalue weighted by molar-refractivity contribution is 9.10. The van der Waals surface area contributed by atoms with Crippen LogP contribution in [0.1, 0.15) is 26.2 Å². The number of nitrogens with one attached hydrogen (secondary N) is 1. The monoisotopic (exact) mass is 385 g/mol. The molecular formula is C14H20BrN5O3. The summed E-state index contributed by atoms with van der Waals surface area (Å²) >= 11 is 3.26. The molecule has 0 radical (unpaired) electrons. The number of rotatable bonds is 6. The molecule has 0 unspecified atom stereocenters. The van der Waals surface area contributed by atoms with Gasteiger partial charge in [0, 0.05) is 20.6 Å². The van der Waals surface area contributed by atoms with Gasteiger partial charge in [0.15, 0.2) is 15.9 Å². The van der Waals surface area contributed by atoms with Gasteiger partial charge in [0.2, 0.25) is 5.91 Å². The average Bonchev–Trinajstić information content (AvgIpc) is 2.84. The van der Waals surface area contributed by atoms with Crippen LogP contribution in [0.4, 0.5) is 0 Å². The van der Waals surface area contributed by atoms with Gasteiger partial charge in [-0.05, 0) is 22.4 Å². The highest BCUT2D eigenvalue weighted by Crippen LogP contribution is 2.16. The largest absolute Gasteiger partial charge is 0.355 e. The molecule has 2 aromatic rings. The predicted molar refractivity (Wildman–Crippen MR) is 90.4 cm³/mol. The highest BCUT2D eigenvalue weighted by atomic mass is 79.9. The molecule has 0 spiro atoms. The van der Waals surface area contributed by atoms with Crippen LogP contribution in [0.5, 0.6) is 0 Å². The fourth-order valence-corrected chi connectivity index (χ4v) is 2.88. The third kappa shape index (κ3) is 3.39. The topological polar surface area (TPSA) is 90.9 Å². The van der Waals surface area contributed by atoms with E-state index in [0.29, 0.717) is 16.9 Å². The van der Waals surface area contributed by atoms with Crippen LogP contribution in [0.2, 0.25) is 0 Å². The normalized spacial score (nSPS) is 11.1. The number of hydrogen-bond donors (Lipinski definition) is 1. The summed E-state index contributed by atoms with van der Waals surface area (Å²) in [4.78, 5) is 40.4. The second-order valence-corrected chi connectivity index (χ2v) is 6.11. The van der Waals surface area contributed by atoms with Gasteiger partial charge in [0.25, 0.3) is 5.56 Å². The van der Waals surface area contributed by atoms with E-state index in [4.69, 9.17) is 0 Å². The van der Waals surface area contributed by atoms with Crippen molar-refractivity contribution in [3.05, 3.63) is 25.6 Å². The maximum absolute atomic E-state index is 12.1. The molecule has 0 saturated carbocycles. The molecule has 2 aromatic heterocycles. The molecule has 0 aromatic carbocycles. The van der Waals surface area contributed by atoms with Crippen LogP contribution in [0.25, 0.3) is 11.2 Å². The molecule has 2 rings (SSSR count). The summed E-state index contributed by atoms with van der Waals surface area (Å²) in [5.41, 5.74) is -0.459. The molecule has 0 aliphatic heterocycles. The van der Waals surface area contributed by atoms with E-state index in [-0.39, 0.29) is 18.0 Å². The highest BCUT2D eigenvalue weighted by Gasteiger charge is 2.19. The summed E-state index contributed by atoms with van der Waals surface area (Å²) in [7, 11) is 2.95. The van der Waals surface area contributed by atoms with Crippen molar-refractivity contribution in [1.29, 1.82) is 0 Å². The zero-order valence-electron chi connectivity index (χ0n) is 13.4. The van der Waals surface area contributed by atoms with E-state index in [1.165, 1.54) is 16.2 Å². The molecule has 0 atom stereocenters. The molecule has 23 heavy (non-hydrogen) atoms. The first-order chi connectivity index (χ1) is 10.9. The molecular weight excluding hydrogens is 366 g/mol. The minimum Gasteiger partial charge on any atom is -0.355 e. The summed E-state index contributed by atoms with van der Waals surface area (Å²) in [6, 6.07) is 0. The first kappa shape index (κ1) is 17.5. The van der Waals surface area contributed by atoms with Crippen LogP contribution >= 0.6 is 15.9 Å². The van der Waals surface area contributed by atoms with Gasteiger partial charge in [-0.15, -0.1) is 0 Å². The van der Waals surface area contributed by atoms with E-state index in [1.807, 2.05) is 0 Å². The van der Waals surface area contributed by atoms with Gasteiger partial charge in [-0.25, -0.2) is 9.78 Å². The Morgan fingerprint density at radius 2 is 1.91 bits per heavy atom. The molecule has 0 aliphatic rings. The molecule has 2 heterocycles. The lowest BCUT2D eigenvalue weighted by Gasteiger charge is -2.10. The standard InChI is InChI=1S/C14H20BrN5O3/c1-4-5-6-7-16-9(21)8-20-11-10(17-13(20)15)12(22)19(3)14(23)18(11)2/h4-8H2,1-3H3,(H,16,21). The van der Waals surface area contributed by atoms with Crippen LogP contribution in [-0.4, -0.2) is 31.1 Å². The van der Waals surface area contributed by atoms with Crippen molar-refractivity contribution in [3.63, 3.8) is 0 Å². The lowest BCUT2D eigenvalue weighted by molar-refractivity contribution is -0.121. The quantitative estimate of drug-likeness (QED) is 0.578. The Balaban J connectivity index is 2.35. The van der Waals surface area contributed by atoms with Crippen molar-refractivity contribution in [1.82, 2.24) is 24.0 Å². The number of aryl methyl sites for hydroxylation is 1. The molecule has 0 aliphatic carbocycles. The first-order valence-corrected chi connectivity index (χ1v) is 8.26. The Hall–Kier alpha value is -1.90. The Labute approximate surface area is 141 Å². The molecule has 0 fully saturated rings. The second kappa shape index (κ2) is 7.12. The van der Waals surface area contributed by atoms with Crippen LogP contribution < -0.4 is 16.6 Å². The Kier molecular flexibility index (Phi) is 5.40. The van der Waals surface area contributed by atoms with E-state index in [2.05, 4.69) is 33.2 Å². The van der Waals surface area contributed by atoms with Gasteiger partial charge in [-0.1, -0.05) is 19.8 Å². The third-order valence-corrected chi connectivity index (χ3v) is 4.30. The fraction of sp³-hybridized carbons (Fsp3) is 0.571. The third-order valence-electron chi connectivity index (χ3n) is 3.70. The van der Waals surface area contributed by atoms with Crippen molar-refractivity contribution in [2.75, 3.05) is 6.54 Å². The number of unbranched alkanes of at least 4 members (excludes halogenated alkanes) is 2. The van der Waals surface area contributed by atoms with Crippen LogP contribution in [0.3, 0.4) is 0 Å². The number of fused-ring (bicyclic) bond motifs is 1. The van der Waals surface area contributed by atoms with Gasteiger partial charge in [0.1, 0.15) is 6.54 Å². The number of carbonyl (C=O) groups is 1. The van der Waals surface area contributed by atoms with Crippen molar-refractivity contribution in [2.45, 2.75) is 32.7 Å². The number of amides is 1. The lowest BCUT2D eigenvalue weighted by Crippen LogP contribution is -2.38. The molecule has 8 nitrogen and oxygen atoms in total. The van der Waals surface area contributed by atoms with Crippen LogP contribution in [-0.2, 0) is 25.4 Å². The van der Waals surface area contributed by atoms with Crippen molar-refractivity contribution < 1.29 is 4.79 Å². The zero-order valence-corrected chi connectivity index (χ0v) is 15.0. The number of nitrogens with zero attached hydrogens (tertiary/aromatic N) is 4. The number of halogens is 1. The van der Waals surface area contributed by atoms with E-state index in [1.54, 1.807) is 7.05 Å². The second-order valence-electron chi connectivity index (χ2n) is 5.40. The van der Waals surface area contributed by atoms with Crippen molar-refractivity contribution in [3.8, 4) is 0 Å². The molecule has 0 saturated heterocycles. The molecule has 0 bridgehead atoms. The Morgan fingerprint density at radius 1 is 1.22 bits per heavy atom. The molecule has 1 amide bonds. The average molecular weight is 386 g/mol. The van der Waals surface area contributed by atoms with Crippen LogP contribution in [0.15, 0.2) is 14.3 Å². The summed E-state index contributed by atoms with van der Waals surface area (Å²) < 4.78 is 4.18. The summed E-state index contributed by atoms with van der Waals surface area (Å²) in [6.07, 6.45) is 3.06. The number of carbonyl (C=O) groups excluding carboxylic acids is 1. The van der Waals surface area contributed by atoms with E-state index in [9.17, 15) is 14.4 Å². The number of hydrogen-bond acceptors (Lipinski definition) is 4. The molecule has 126 valence electrons. The summed E-state index contributed by atoms with van der Waals surface area (Å²) in [5.74, 6) is -0.186. The Bertz CT molecular complexity index is 849. The number of imidazole rings is 1. The SMILES string of the molecule is CCCCCNC(=O)Cn1c(Br)nc2c(=O)n(C)c(=O)n(C)c21. The maximum Gasteiger partial charge on any atom is 0.332 e. The van der Waals surface area contributed by atoms with Gasteiger partial charge in [0.05, 0.1) is 0 Å². The molecule has 1 N–H and O–H groups in total. The first-order valence-electron chi connectivity index (χ1n) is 7.47. The van der Waals surface area contributed by atoms with Crippen molar-refractivity contribution >= 4 is 33.0 Å². The van der Waals surface area contributed by atoms with Gasteiger partial charge < -0.3 is 5.32 Å². The Morgan fingerprint density at radius 3 is 2.57 bits per heavy atom. The predicted octanol–water partition coefficient (Wildman–Crippen LogP) is 0.503. The summed E-state index contributed by atoms with van der Waals surface area (Å²) in [6.45, 7) is 2.69. The van der Waals surface area contributed by atoms with E-state index >= 15 is 0 Å².